The summed E-state index contributed by atoms with van der Waals surface area (Å²) >= 11 is 0. The first kappa shape index (κ1) is 15.7. The zero-order valence-electron chi connectivity index (χ0n) is 13.8. The lowest BCUT2D eigenvalue weighted by Crippen LogP contribution is -2.38. The van der Waals surface area contributed by atoms with E-state index in [9.17, 15) is 0 Å². The zero-order chi connectivity index (χ0) is 15.4. The Morgan fingerprint density at radius 3 is 2.73 bits per heavy atom. The molecule has 1 aromatic rings. The molecule has 2 aliphatic rings. The Hall–Kier alpha value is -1.20. The Morgan fingerprint density at radius 1 is 1.23 bits per heavy atom. The number of piperidine rings is 1. The molecule has 22 heavy (non-hydrogen) atoms. The average Bonchev–Trinajstić information content (AvgIpc) is 2.56. The van der Waals surface area contributed by atoms with Gasteiger partial charge in [-0.1, -0.05) is 0 Å². The van der Waals surface area contributed by atoms with E-state index in [-0.39, 0.29) is 0 Å². The highest BCUT2D eigenvalue weighted by Crippen LogP contribution is 2.27. The third-order valence-electron chi connectivity index (χ3n) is 4.84. The second-order valence-corrected chi connectivity index (χ2v) is 6.79. The van der Waals surface area contributed by atoms with Crippen molar-refractivity contribution in [3.05, 3.63) is 18.1 Å². The van der Waals surface area contributed by atoms with Crippen LogP contribution in [0.3, 0.4) is 0 Å². The van der Waals surface area contributed by atoms with Crippen LogP contribution in [-0.4, -0.2) is 53.3 Å². The molecule has 1 atom stereocenters. The summed E-state index contributed by atoms with van der Waals surface area (Å²) < 4.78 is 5.52. The first-order valence-electron chi connectivity index (χ1n) is 8.62. The zero-order valence-corrected chi connectivity index (χ0v) is 13.8. The molecule has 0 bridgehead atoms. The SMILES string of the molecule is CC(C)N1CCC(c2cncc(NC3CCCOC3)n2)CC1. The van der Waals surface area contributed by atoms with Crippen LogP contribution in [0.1, 0.15) is 51.1 Å². The normalized spacial score (nSPS) is 24.6. The fourth-order valence-corrected chi connectivity index (χ4v) is 3.42. The van der Waals surface area contributed by atoms with Gasteiger partial charge in [-0.25, -0.2) is 4.98 Å². The second kappa shape index (κ2) is 7.38. The van der Waals surface area contributed by atoms with Gasteiger partial charge in [-0.3, -0.25) is 4.98 Å². The Labute approximate surface area is 133 Å². The minimum atomic E-state index is 0.376. The van der Waals surface area contributed by atoms with E-state index in [0.717, 1.165) is 50.7 Å². The average molecular weight is 304 g/mol. The highest BCUT2D eigenvalue weighted by atomic mass is 16.5. The molecule has 3 heterocycles. The minimum Gasteiger partial charge on any atom is -0.379 e. The number of rotatable bonds is 4. The summed E-state index contributed by atoms with van der Waals surface area (Å²) in [5.41, 5.74) is 1.14. The smallest absolute Gasteiger partial charge is 0.145 e. The Bertz CT molecular complexity index is 465. The van der Waals surface area contributed by atoms with E-state index in [4.69, 9.17) is 9.72 Å². The van der Waals surface area contributed by atoms with Crippen molar-refractivity contribution in [1.29, 1.82) is 0 Å². The van der Waals surface area contributed by atoms with Gasteiger partial charge in [0.15, 0.2) is 0 Å². The van der Waals surface area contributed by atoms with Crippen molar-refractivity contribution in [2.24, 2.45) is 0 Å². The van der Waals surface area contributed by atoms with Crippen LogP contribution in [0.15, 0.2) is 12.4 Å². The number of anilines is 1. The Morgan fingerprint density at radius 2 is 2.05 bits per heavy atom. The van der Waals surface area contributed by atoms with Crippen LogP contribution in [0.5, 0.6) is 0 Å². The van der Waals surface area contributed by atoms with Crippen LogP contribution in [-0.2, 0) is 4.74 Å². The fourth-order valence-electron chi connectivity index (χ4n) is 3.42. The molecule has 2 aliphatic heterocycles. The van der Waals surface area contributed by atoms with Crippen LogP contribution in [0, 0.1) is 0 Å². The van der Waals surface area contributed by atoms with Crippen LogP contribution < -0.4 is 5.32 Å². The molecule has 2 fully saturated rings. The summed E-state index contributed by atoms with van der Waals surface area (Å²) in [4.78, 5) is 11.8. The van der Waals surface area contributed by atoms with E-state index >= 15 is 0 Å². The van der Waals surface area contributed by atoms with Crippen LogP contribution >= 0.6 is 0 Å². The number of likely N-dealkylation sites (tertiary alicyclic amines) is 1. The number of nitrogens with one attached hydrogen (secondary N) is 1. The molecule has 0 saturated carbocycles. The van der Waals surface area contributed by atoms with Crippen LogP contribution in [0.4, 0.5) is 5.82 Å². The van der Waals surface area contributed by atoms with E-state index in [0.29, 0.717) is 18.0 Å². The van der Waals surface area contributed by atoms with Gasteiger partial charge in [0.1, 0.15) is 5.82 Å². The number of ether oxygens (including phenoxy) is 1. The van der Waals surface area contributed by atoms with Crippen molar-refractivity contribution in [2.75, 3.05) is 31.6 Å². The number of hydrogen-bond donors (Lipinski definition) is 1. The van der Waals surface area contributed by atoms with Crippen molar-refractivity contribution in [3.8, 4) is 0 Å². The molecule has 1 aromatic heterocycles. The van der Waals surface area contributed by atoms with Crippen molar-refractivity contribution < 1.29 is 4.74 Å². The molecule has 1 unspecified atom stereocenters. The number of hydrogen-bond acceptors (Lipinski definition) is 5. The second-order valence-electron chi connectivity index (χ2n) is 6.79. The molecule has 0 spiro atoms. The van der Waals surface area contributed by atoms with E-state index in [2.05, 4.69) is 29.0 Å². The molecule has 1 N–H and O–H groups in total. The third-order valence-corrected chi connectivity index (χ3v) is 4.84. The van der Waals surface area contributed by atoms with Gasteiger partial charge in [-0.15, -0.1) is 0 Å². The highest BCUT2D eigenvalue weighted by Gasteiger charge is 2.23. The molecule has 0 amide bonds. The first-order chi connectivity index (χ1) is 10.7. The van der Waals surface area contributed by atoms with E-state index < -0.39 is 0 Å². The highest BCUT2D eigenvalue weighted by molar-refractivity contribution is 5.34. The Kier molecular flexibility index (Phi) is 5.26. The molecular formula is C17H28N4O. The lowest BCUT2D eigenvalue weighted by molar-refractivity contribution is 0.0875. The maximum absolute atomic E-state index is 5.52. The number of nitrogens with zero attached hydrogens (tertiary/aromatic N) is 3. The largest absolute Gasteiger partial charge is 0.379 e. The van der Waals surface area contributed by atoms with Crippen LogP contribution in [0.25, 0.3) is 0 Å². The molecule has 0 radical (unpaired) electrons. The summed E-state index contributed by atoms with van der Waals surface area (Å²) in [6, 6.07) is 1.02. The minimum absolute atomic E-state index is 0.376. The van der Waals surface area contributed by atoms with Crippen LogP contribution in [0.2, 0.25) is 0 Å². The van der Waals surface area contributed by atoms with Gasteiger partial charge in [-0.05, 0) is 52.6 Å². The maximum atomic E-state index is 5.52. The van der Waals surface area contributed by atoms with Crippen molar-refractivity contribution in [3.63, 3.8) is 0 Å². The molecular weight excluding hydrogens is 276 g/mol. The molecule has 0 aliphatic carbocycles. The maximum Gasteiger partial charge on any atom is 0.145 e. The van der Waals surface area contributed by atoms with Crippen molar-refractivity contribution >= 4 is 5.82 Å². The molecule has 5 nitrogen and oxygen atoms in total. The lowest BCUT2D eigenvalue weighted by Gasteiger charge is -2.34. The quantitative estimate of drug-likeness (QED) is 0.927. The van der Waals surface area contributed by atoms with Gasteiger partial charge in [0.25, 0.3) is 0 Å². The molecule has 3 rings (SSSR count). The van der Waals surface area contributed by atoms with E-state index in [1.54, 1.807) is 0 Å². The van der Waals surface area contributed by atoms with Gasteiger partial charge in [0, 0.05) is 24.8 Å². The van der Waals surface area contributed by atoms with Gasteiger partial charge in [0.2, 0.25) is 0 Å². The predicted octanol–water partition coefficient (Wildman–Crippen LogP) is 2.66. The Balaban J connectivity index is 1.59. The molecule has 0 aromatic carbocycles. The first-order valence-corrected chi connectivity index (χ1v) is 8.62. The van der Waals surface area contributed by atoms with Gasteiger partial charge in [0.05, 0.1) is 24.5 Å². The standard InChI is InChI=1S/C17H28N4O/c1-13(2)21-7-5-14(6-8-21)16-10-18-11-17(20-16)19-15-4-3-9-22-12-15/h10-11,13-15H,3-9,12H2,1-2H3,(H,19,20). The third kappa shape index (κ3) is 3.96. The molecule has 2 saturated heterocycles. The topological polar surface area (TPSA) is 50.3 Å². The van der Waals surface area contributed by atoms with Gasteiger partial charge >= 0.3 is 0 Å². The van der Waals surface area contributed by atoms with Gasteiger partial charge in [-0.2, -0.15) is 0 Å². The van der Waals surface area contributed by atoms with Crippen molar-refractivity contribution in [1.82, 2.24) is 14.9 Å². The van der Waals surface area contributed by atoms with Gasteiger partial charge < -0.3 is 15.0 Å². The monoisotopic (exact) mass is 304 g/mol. The lowest BCUT2D eigenvalue weighted by atomic mass is 9.93. The van der Waals surface area contributed by atoms with E-state index in [1.165, 1.54) is 12.8 Å². The summed E-state index contributed by atoms with van der Waals surface area (Å²) in [5, 5.41) is 3.48. The summed E-state index contributed by atoms with van der Waals surface area (Å²) in [5.74, 6) is 1.45. The fraction of sp³-hybridized carbons (Fsp3) is 0.765. The molecule has 122 valence electrons. The summed E-state index contributed by atoms with van der Waals surface area (Å²) in [6.45, 7) is 8.54. The number of aromatic nitrogens is 2. The summed E-state index contributed by atoms with van der Waals surface area (Å²) in [7, 11) is 0. The van der Waals surface area contributed by atoms with Crippen molar-refractivity contribution in [2.45, 2.75) is 57.5 Å². The molecule has 5 heteroatoms. The van der Waals surface area contributed by atoms with E-state index in [1.807, 2.05) is 12.4 Å². The summed E-state index contributed by atoms with van der Waals surface area (Å²) in [6.07, 6.45) is 8.42. The predicted molar refractivity (Wildman–Crippen MR) is 88.2 cm³/mol.